The van der Waals surface area contributed by atoms with Gasteiger partial charge in [-0.1, -0.05) is 51.1 Å². The number of nitriles is 2. The maximum Gasteiger partial charge on any atom is 0.103 e. The lowest BCUT2D eigenvalue weighted by Gasteiger charge is -2.55. The maximum absolute atomic E-state index is 10.0. The second-order valence-electron chi connectivity index (χ2n) is 12.1. The van der Waals surface area contributed by atoms with Gasteiger partial charge in [-0.2, -0.15) is 10.5 Å². The average Bonchev–Trinajstić information content (AvgIpc) is 3.40. The van der Waals surface area contributed by atoms with Crippen LogP contribution in [0.3, 0.4) is 0 Å². The number of nitrogens with zero attached hydrogens (tertiary/aromatic N) is 4. The monoisotopic (exact) mass is 518 g/mol. The number of nitrogens with one attached hydrogen (secondary N) is 4. The van der Waals surface area contributed by atoms with Gasteiger partial charge in [0.05, 0.1) is 34.1 Å². The van der Waals surface area contributed by atoms with Gasteiger partial charge in [0.15, 0.2) is 0 Å². The molecular weight excluding hydrogens is 484 g/mol. The van der Waals surface area contributed by atoms with Gasteiger partial charge in [-0.25, -0.2) is 0 Å². The lowest BCUT2D eigenvalue weighted by Crippen LogP contribution is -2.59. The first-order chi connectivity index (χ1) is 18.8. The Balaban J connectivity index is 1.38. The molecule has 2 saturated carbocycles. The van der Waals surface area contributed by atoms with E-state index >= 15 is 0 Å². The summed E-state index contributed by atoms with van der Waals surface area (Å²) in [6.07, 6.45) is 7.65. The first-order valence-corrected chi connectivity index (χ1v) is 13.7. The summed E-state index contributed by atoms with van der Waals surface area (Å²) in [4.78, 5) is 4.49. The van der Waals surface area contributed by atoms with E-state index in [0.717, 1.165) is 34.2 Å². The molecule has 3 aromatic rings. The van der Waals surface area contributed by atoms with Crippen LogP contribution in [0.2, 0.25) is 0 Å². The molecule has 0 bridgehead atoms. The third kappa shape index (κ3) is 4.73. The molecular formula is C31H34N8. The van der Waals surface area contributed by atoms with E-state index < -0.39 is 0 Å². The van der Waals surface area contributed by atoms with Gasteiger partial charge in [-0.15, -0.1) is 5.53 Å². The molecule has 0 amide bonds. The van der Waals surface area contributed by atoms with E-state index in [2.05, 4.69) is 82.8 Å². The number of hydrazine groups is 2. The first kappa shape index (κ1) is 25.0. The van der Waals surface area contributed by atoms with Crippen molar-refractivity contribution < 1.29 is 0 Å². The summed E-state index contributed by atoms with van der Waals surface area (Å²) in [6, 6.07) is 19.1. The van der Waals surface area contributed by atoms with Crippen LogP contribution in [-0.4, -0.2) is 22.6 Å². The molecule has 8 heteroatoms. The van der Waals surface area contributed by atoms with Crippen LogP contribution in [0.25, 0.3) is 10.9 Å². The second kappa shape index (κ2) is 9.80. The molecule has 1 aliphatic heterocycles. The molecule has 0 saturated heterocycles. The zero-order valence-corrected chi connectivity index (χ0v) is 22.6. The van der Waals surface area contributed by atoms with Crippen molar-refractivity contribution in [2.24, 2.45) is 17.3 Å². The fourth-order valence-corrected chi connectivity index (χ4v) is 5.92. The van der Waals surface area contributed by atoms with Crippen LogP contribution >= 0.6 is 0 Å². The zero-order valence-electron chi connectivity index (χ0n) is 22.6. The molecule has 0 radical (unpaired) electrons. The smallest absolute Gasteiger partial charge is 0.103 e. The quantitative estimate of drug-likeness (QED) is 0.322. The lowest BCUT2D eigenvalue weighted by atomic mass is 9.56. The Morgan fingerprint density at radius 1 is 1.10 bits per heavy atom. The number of pyridine rings is 1. The van der Waals surface area contributed by atoms with Crippen LogP contribution in [0.4, 0.5) is 11.4 Å². The van der Waals surface area contributed by atoms with Crippen LogP contribution in [0.1, 0.15) is 62.8 Å². The minimum absolute atomic E-state index is 0.00801. The maximum atomic E-state index is 10.0. The summed E-state index contributed by atoms with van der Waals surface area (Å²) in [5.41, 5.74) is 11.9. The van der Waals surface area contributed by atoms with Gasteiger partial charge in [-0.05, 0) is 54.2 Å². The molecule has 8 nitrogen and oxygen atoms in total. The molecule has 0 spiro atoms. The van der Waals surface area contributed by atoms with Crippen molar-refractivity contribution in [1.29, 1.82) is 10.5 Å². The number of benzene rings is 2. The van der Waals surface area contributed by atoms with E-state index in [4.69, 9.17) is 0 Å². The third-order valence-corrected chi connectivity index (χ3v) is 8.24. The highest BCUT2D eigenvalue weighted by molar-refractivity contribution is 5.99. The Morgan fingerprint density at radius 2 is 1.90 bits per heavy atom. The summed E-state index contributed by atoms with van der Waals surface area (Å²) in [7, 11) is 0. The molecule has 39 heavy (non-hydrogen) atoms. The van der Waals surface area contributed by atoms with Gasteiger partial charge in [0.2, 0.25) is 0 Å². The van der Waals surface area contributed by atoms with Crippen LogP contribution in [0.5, 0.6) is 0 Å². The first-order valence-electron chi connectivity index (χ1n) is 13.7. The lowest BCUT2D eigenvalue weighted by molar-refractivity contribution is -0.0618. The molecule has 3 aliphatic rings. The summed E-state index contributed by atoms with van der Waals surface area (Å²) < 4.78 is 0. The molecule has 6 rings (SSSR count). The SMILES string of the molecule is CC(C)(C)CNc1c(C#N)cnc2c(C#N)cc(N[C@H](C3=CN(C4CC5CCC54)NN3)c3ccccc3)cc12. The van der Waals surface area contributed by atoms with E-state index in [1.807, 2.05) is 30.3 Å². The summed E-state index contributed by atoms with van der Waals surface area (Å²) in [5, 5.41) is 30.0. The minimum Gasteiger partial charge on any atom is -0.383 e. The van der Waals surface area contributed by atoms with Crippen LogP contribution < -0.4 is 21.6 Å². The molecule has 2 aliphatic carbocycles. The van der Waals surface area contributed by atoms with Crippen molar-refractivity contribution in [3.05, 3.63) is 77.2 Å². The number of hydrogen-bond acceptors (Lipinski definition) is 8. The van der Waals surface area contributed by atoms with Crippen molar-refractivity contribution in [3.8, 4) is 12.1 Å². The van der Waals surface area contributed by atoms with Crippen molar-refractivity contribution in [3.63, 3.8) is 0 Å². The standard InChI is InChI=1S/C31H34N8/c1-31(2,3)18-35-29-22(15-33)16-34-28-21(14-32)11-23(13-25(28)29)36-30(19-7-5-4-6-8-19)26-17-39(38-37-26)27-12-20-9-10-24(20)27/h4-8,11,13,16-17,20,24,27,30,36-38H,9-10,12,18H2,1-3H3,(H,34,35)/t20?,24?,27?,30-/m0/s1. The third-order valence-electron chi connectivity index (χ3n) is 8.24. The van der Waals surface area contributed by atoms with E-state index in [0.29, 0.717) is 34.9 Å². The largest absolute Gasteiger partial charge is 0.383 e. The van der Waals surface area contributed by atoms with Crippen molar-refractivity contribution in [2.45, 2.75) is 52.1 Å². The topological polar surface area (TPSA) is 112 Å². The fraction of sp³-hybridized carbons (Fsp3) is 0.387. The highest BCUT2D eigenvalue weighted by atomic mass is 15.7. The predicted octanol–water partition coefficient (Wildman–Crippen LogP) is 5.55. The zero-order chi connectivity index (χ0) is 27.1. The highest BCUT2D eigenvalue weighted by Gasteiger charge is 2.50. The second-order valence-corrected chi connectivity index (χ2v) is 12.1. The molecule has 1 aromatic heterocycles. The Bertz CT molecular complexity index is 1510. The van der Waals surface area contributed by atoms with Gasteiger partial charge in [0.25, 0.3) is 0 Å². The van der Waals surface area contributed by atoms with Gasteiger partial charge in [-0.3, -0.25) is 9.99 Å². The van der Waals surface area contributed by atoms with Gasteiger partial charge >= 0.3 is 0 Å². The molecule has 198 valence electrons. The molecule has 3 unspecified atom stereocenters. The van der Waals surface area contributed by atoms with Crippen LogP contribution in [0.15, 0.2) is 60.6 Å². The van der Waals surface area contributed by atoms with E-state index in [1.165, 1.54) is 19.3 Å². The minimum atomic E-state index is -0.178. The number of hydrogen-bond donors (Lipinski definition) is 4. The van der Waals surface area contributed by atoms with Crippen molar-refractivity contribution in [2.75, 3.05) is 17.2 Å². The number of aromatic nitrogens is 1. The van der Waals surface area contributed by atoms with Gasteiger partial charge in [0, 0.05) is 36.1 Å². The molecule has 4 atom stereocenters. The summed E-state index contributed by atoms with van der Waals surface area (Å²) in [5.74, 6) is 1.69. The van der Waals surface area contributed by atoms with Crippen LogP contribution in [-0.2, 0) is 0 Å². The number of anilines is 2. The Morgan fingerprint density at radius 3 is 2.54 bits per heavy atom. The van der Waals surface area contributed by atoms with Gasteiger partial charge < -0.3 is 16.1 Å². The Kier molecular flexibility index (Phi) is 6.29. The van der Waals surface area contributed by atoms with Crippen molar-refractivity contribution >= 4 is 22.3 Å². The van der Waals surface area contributed by atoms with E-state index in [1.54, 1.807) is 6.20 Å². The van der Waals surface area contributed by atoms with Gasteiger partial charge in [0.1, 0.15) is 12.1 Å². The van der Waals surface area contributed by atoms with Crippen LogP contribution in [0, 0.1) is 39.9 Å². The normalized spacial score (nSPS) is 22.3. The molecule has 2 aromatic carbocycles. The summed E-state index contributed by atoms with van der Waals surface area (Å²) in [6.45, 7) is 7.10. The Labute approximate surface area is 229 Å². The fourth-order valence-electron chi connectivity index (χ4n) is 5.92. The number of rotatable bonds is 7. The molecule has 2 heterocycles. The predicted molar refractivity (Wildman–Crippen MR) is 153 cm³/mol. The molecule has 4 N–H and O–H groups in total. The molecule has 2 fully saturated rings. The highest BCUT2D eigenvalue weighted by Crippen LogP contribution is 2.52. The van der Waals surface area contributed by atoms with E-state index in [-0.39, 0.29) is 11.5 Å². The average molecular weight is 519 g/mol. The summed E-state index contributed by atoms with van der Waals surface area (Å²) >= 11 is 0. The van der Waals surface area contributed by atoms with E-state index in [9.17, 15) is 10.5 Å². The van der Waals surface area contributed by atoms with Crippen molar-refractivity contribution in [1.82, 2.24) is 21.0 Å². The number of fused-ring (bicyclic) bond motifs is 2. The Hall–Kier alpha value is -4.27.